The van der Waals surface area contributed by atoms with Crippen LogP contribution in [-0.2, 0) is 16.4 Å². The number of aryl methyl sites for hydroxylation is 1. The van der Waals surface area contributed by atoms with E-state index in [0.29, 0.717) is 35.3 Å². The van der Waals surface area contributed by atoms with E-state index in [9.17, 15) is 18.0 Å². The predicted molar refractivity (Wildman–Crippen MR) is 122 cm³/mol. The average molecular weight is 471 g/mol. The molecule has 33 heavy (non-hydrogen) atoms. The van der Waals surface area contributed by atoms with E-state index in [4.69, 9.17) is 15.6 Å². The van der Waals surface area contributed by atoms with E-state index in [1.54, 1.807) is 6.92 Å². The number of sulfonamides is 1. The van der Waals surface area contributed by atoms with Gasteiger partial charge in [0, 0.05) is 35.8 Å². The summed E-state index contributed by atoms with van der Waals surface area (Å²) in [5, 5.41) is 11.3. The fraction of sp³-hybridized carbons (Fsp3) is 0.238. The smallest absolute Gasteiger partial charge is 0.267 e. The minimum absolute atomic E-state index is 0.0262. The maximum atomic E-state index is 13.0. The van der Waals surface area contributed by atoms with Crippen molar-refractivity contribution >= 4 is 44.1 Å². The first-order valence-electron chi connectivity index (χ1n) is 10.0. The number of primary amides is 1. The number of primary sulfonamides is 1. The van der Waals surface area contributed by atoms with Crippen molar-refractivity contribution < 1.29 is 22.7 Å². The van der Waals surface area contributed by atoms with Crippen molar-refractivity contribution in [3.05, 3.63) is 53.0 Å². The molecular formula is C21H22N6O5S. The second kappa shape index (κ2) is 8.64. The SMILES string of the molecule is Cc1nc(C(N)=O)cc2c(Nc3cccc4c3CCO4)c(C(=O)NCCS(N)(=O)=O)cnc12. The van der Waals surface area contributed by atoms with Crippen LogP contribution in [0.1, 0.15) is 32.1 Å². The third-order valence-corrected chi connectivity index (χ3v) is 5.97. The van der Waals surface area contributed by atoms with Crippen LogP contribution >= 0.6 is 0 Å². The Morgan fingerprint density at radius 2 is 2.06 bits per heavy atom. The fourth-order valence-corrected chi connectivity index (χ4v) is 4.05. The molecule has 0 atom stereocenters. The maximum absolute atomic E-state index is 13.0. The largest absolute Gasteiger partial charge is 0.493 e. The number of hydrogen-bond donors (Lipinski definition) is 4. The fourth-order valence-electron chi connectivity index (χ4n) is 3.67. The van der Waals surface area contributed by atoms with E-state index in [2.05, 4.69) is 20.6 Å². The monoisotopic (exact) mass is 470 g/mol. The van der Waals surface area contributed by atoms with E-state index < -0.39 is 27.6 Å². The zero-order valence-corrected chi connectivity index (χ0v) is 18.5. The first-order valence-corrected chi connectivity index (χ1v) is 11.8. The quantitative estimate of drug-likeness (QED) is 0.390. The number of rotatable bonds is 7. The number of benzene rings is 1. The van der Waals surface area contributed by atoms with Crippen LogP contribution in [0.25, 0.3) is 10.9 Å². The summed E-state index contributed by atoms with van der Waals surface area (Å²) in [6, 6.07) is 7.01. The molecule has 4 rings (SSSR count). The Bertz CT molecular complexity index is 1390. The summed E-state index contributed by atoms with van der Waals surface area (Å²) < 4.78 is 28.1. The van der Waals surface area contributed by atoms with Crippen LogP contribution in [0.3, 0.4) is 0 Å². The number of carbonyl (C=O) groups is 2. The van der Waals surface area contributed by atoms with E-state index in [0.717, 1.165) is 17.0 Å². The molecule has 1 aliphatic heterocycles. The van der Waals surface area contributed by atoms with Crippen molar-refractivity contribution in [3.63, 3.8) is 0 Å². The molecule has 0 saturated heterocycles. The van der Waals surface area contributed by atoms with Crippen LogP contribution in [-0.4, -0.2) is 49.1 Å². The number of carbonyl (C=O) groups excluding carboxylic acids is 2. The van der Waals surface area contributed by atoms with Gasteiger partial charge in [0.2, 0.25) is 10.0 Å². The van der Waals surface area contributed by atoms with Crippen LogP contribution in [0.5, 0.6) is 5.75 Å². The number of nitrogens with two attached hydrogens (primary N) is 2. The molecule has 12 heteroatoms. The van der Waals surface area contributed by atoms with E-state index in [-0.39, 0.29) is 17.8 Å². The van der Waals surface area contributed by atoms with Gasteiger partial charge in [-0.05, 0) is 25.1 Å². The molecule has 172 valence electrons. The van der Waals surface area contributed by atoms with Gasteiger partial charge in [-0.1, -0.05) is 6.07 Å². The minimum Gasteiger partial charge on any atom is -0.493 e. The maximum Gasteiger partial charge on any atom is 0.267 e. The van der Waals surface area contributed by atoms with Gasteiger partial charge in [-0.25, -0.2) is 18.5 Å². The number of ether oxygens (including phenoxy) is 1. The lowest BCUT2D eigenvalue weighted by molar-refractivity contribution is 0.0955. The molecule has 2 amide bonds. The molecule has 0 unspecified atom stereocenters. The van der Waals surface area contributed by atoms with Crippen LogP contribution in [0.2, 0.25) is 0 Å². The van der Waals surface area contributed by atoms with Crippen molar-refractivity contribution in [3.8, 4) is 5.75 Å². The summed E-state index contributed by atoms with van der Waals surface area (Å²) in [5.74, 6) is -0.952. The second-order valence-corrected chi connectivity index (χ2v) is 9.26. The molecule has 1 aliphatic rings. The van der Waals surface area contributed by atoms with E-state index in [1.807, 2.05) is 18.2 Å². The van der Waals surface area contributed by atoms with Gasteiger partial charge >= 0.3 is 0 Å². The molecule has 1 aromatic carbocycles. The van der Waals surface area contributed by atoms with Gasteiger partial charge in [-0.15, -0.1) is 0 Å². The third-order valence-electron chi connectivity index (χ3n) is 5.20. The zero-order chi connectivity index (χ0) is 23.8. The summed E-state index contributed by atoms with van der Waals surface area (Å²) in [5.41, 5.74) is 8.62. The Labute approximate surface area is 189 Å². The van der Waals surface area contributed by atoms with Crippen LogP contribution in [0.15, 0.2) is 30.5 Å². The van der Waals surface area contributed by atoms with Gasteiger partial charge in [0.25, 0.3) is 11.8 Å². The number of anilines is 2. The lowest BCUT2D eigenvalue weighted by Gasteiger charge is -2.17. The molecule has 0 spiro atoms. The number of hydrogen-bond acceptors (Lipinski definition) is 8. The van der Waals surface area contributed by atoms with Gasteiger partial charge in [-0.3, -0.25) is 14.6 Å². The van der Waals surface area contributed by atoms with E-state index >= 15 is 0 Å². The minimum atomic E-state index is -3.74. The molecule has 0 radical (unpaired) electrons. The highest BCUT2D eigenvalue weighted by atomic mass is 32.2. The van der Waals surface area contributed by atoms with Gasteiger partial charge in [0.15, 0.2) is 0 Å². The molecule has 0 saturated carbocycles. The summed E-state index contributed by atoms with van der Waals surface area (Å²) in [6.45, 7) is 2.05. The van der Waals surface area contributed by atoms with E-state index in [1.165, 1.54) is 12.3 Å². The summed E-state index contributed by atoms with van der Waals surface area (Å²) in [7, 11) is -3.74. The highest BCUT2D eigenvalue weighted by Crippen LogP contribution is 2.36. The number of aromatic nitrogens is 2. The third kappa shape index (κ3) is 4.71. The Hall–Kier alpha value is -3.77. The first-order chi connectivity index (χ1) is 15.6. The van der Waals surface area contributed by atoms with Crippen molar-refractivity contribution in [2.24, 2.45) is 10.9 Å². The normalized spacial score (nSPS) is 12.8. The summed E-state index contributed by atoms with van der Waals surface area (Å²) in [6.07, 6.45) is 2.06. The summed E-state index contributed by atoms with van der Waals surface area (Å²) >= 11 is 0. The van der Waals surface area contributed by atoms with Gasteiger partial charge in [0.05, 0.1) is 34.8 Å². The van der Waals surface area contributed by atoms with Crippen LogP contribution in [0.4, 0.5) is 11.4 Å². The molecule has 6 N–H and O–H groups in total. The highest BCUT2D eigenvalue weighted by Gasteiger charge is 2.22. The summed E-state index contributed by atoms with van der Waals surface area (Å²) in [4.78, 5) is 33.3. The predicted octanol–water partition coefficient (Wildman–Crippen LogP) is 0.734. The number of pyridine rings is 2. The number of amides is 2. The number of nitrogens with one attached hydrogen (secondary N) is 2. The Morgan fingerprint density at radius 1 is 1.27 bits per heavy atom. The Balaban J connectivity index is 1.84. The van der Waals surface area contributed by atoms with Crippen molar-refractivity contribution in [2.45, 2.75) is 13.3 Å². The topological polar surface area (TPSA) is 179 Å². The standard InChI is InChI=1S/C21H22N6O5S/c1-11-18-13(9-16(26-11)20(22)28)19(27-15-3-2-4-17-12(15)5-7-32-17)14(10-25-18)21(29)24-6-8-33(23,30)31/h2-4,9-10H,5-8H2,1H3,(H2,22,28)(H,24,29)(H,25,27)(H2,23,30,31). The average Bonchev–Trinajstić information content (AvgIpc) is 3.23. The van der Waals surface area contributed by atoms with Crippen molar-refractivity contribution in [1.82, 2.24) is 15.3 Å². The van der Waals surface area contributed by atoms with Gasteiger partial charge in [-0.2, -0.15) is 0 Å². The van der Waals surface area contributed by atoms with Crippen LogP contribution < -0.4 is 26.2 Å². The van der Waals surface area contributed by atoms with Crippen LogP contribution in [0, 0.1) is 6.92 Å². The Kier molecular flexibility index (Phi) is 5.87. The molecule has 0 fully saturated rings. The van der Waals surface area contributed by atoms with Gasteiger partial charge in [0.1, 0.15) is 11.4 Å². The lowest BCUT2D eigenvalue weighted by Crippen LogP contribution is -2.32. The molecule has 3 aromatic rings. The number of nitrogens with zero attached hydrogens (tertiary/aromatic N) is 2. The second-order valence-electron chi connectivity index (χ2n) is 7.53. The molecule has 0 aliphatic carbocycles. The molecule has 0 bridgehead atoms. The molecule has 3 heterocycles. The first kappa shape index (κ1) is 22.4. The van der Waals surface area contributed by atoms with Crippen molar-refractivity contribution in [1.29, 1.82) is 0 Å². The number of fused-ring (bicyclic) bond motifs is 2. The lowest BCUT2D eigenvalue weighted by atomic mass is 10.0. The Morgan fingerprint density at radius 3 is 2.79 bits per heavy atom. The molecule has 2 aromatic heterocycles. The highest BCUT2D eigenvalue weighted by molar-refractivity contribution is 7.89. The molecule has 11 nitrogen and oxygen atoms in total. The van der Waals surface area contributed by atoms with Gasteiger partial charge < -0.3 is 21.1 Å². The molecular weight excluding hydrogens is 448 g/mol. The zero-order valence-electron chi connectivity index (χ0n) is 17.7. The van der Waals surface area contributed by atoms with Crippen molar-refractivity contribution in [2.75, 3.05) is 24.2 Å².